The smallest absolute Gasteiger partial charge is 0.343 e. The number of hydrogen-bond acceptors (Lipinski definition) is 3. The lowest BCUT2D eigenvalue weighted by Gasteiger charge is -2.26. The first kappa shape index (κ1) is 16.4. The van der Waals surface area contributed by atoms with Gasteiger partial charge in [0.15, 0.2) is 0 Å². The van der Waals surface area contributed by atoms with Crippen LogP contribution in [0.4, 0.5) is 5.69 Å². The Labute approximate surface area is 143 Å². The number of carbonyl (C=O) groups is 1. The zero-order valence-corrected chi connectivity index (χ0v) is 14.1. The van der Waals surface area contributed by atoms with Crippen molar-refractivity contribution in [1.29, 1.82) is 0 Å². The summed E-state index contributed by atoms with van der Waals surface area (Å²) in [5, 5.41) is 0. The quantitative estimate of drug-likeness (QED) is 0.422. The zero-order valence-electron chi connectivity index (χ0n) is 14.1. The molecule has 24 heavy (non-hydrogen) atoms. The van der Waals surface area contributed by atoms with E-state index in [4.69, 9.17) is 4.74 Å². The number of ether oxygens (including phenoxy) is 1. The molecule has 1 saturated carbocycles. The van der Waals surface area contributed by atoms with E-state index in [-0.39, 0.29) is 5.97 Å². The van der Waals surface area contributed by atoms with E-state index < -0.39 is 0 Å². The lowest BCUT2D eigenvalue weighted by atomic mass is 9.79. The van der Waals surface area contributed by atoms with Gasteiger partial charge < -0.3 is 4.74 Å². The molecule has 2 aromatic rings. The number of nitrogens with zero attached hydrogens (tertiary/aromatic N) is 1. The molecule has 0 N–H and O–H groups in total. The molecular weight excluding hydrogens is 298 g/mol. The molecule has 0 amide bonds. The molecule has 124 valence electrons. The Balaban J connectivity index is 1.63. The molecule has 0 heterocycles. The van der Waals surface area contributed by atoms with E-state index in [1.54, 1.807) is 24.3 Å². The monoisotopic (exact) mass is 321 g/mol. The van der Waals surface area contributed by atoms with E-state index in [0.29, 0.717) is 17.2 Å². The van der Waals surface area contributed by atoms with Crippen molar-refractivity contribution < 1.29 is 9.53 Å². The van der Waals surface area contributed by atoms with Gasteiger partial charge in [0.1, 0.15) is 5.75 Å². The van der Waals surface area contributed by atoms with Crippen LogP contribution in [0.25, 0.3) is 0 Å². The molecule has 0 bridgehead atoms. The summed E-state index contributed by atoms with van der Waals surface area (Å²) in [6, 6.07) is 14.9. The van der Waals surface area contributed by atoms with Crippen LogP contribution in [-0.4, -0.2) is 12.7 Å². The third kappa shape index (κ3) is 3.91. The van der Waals surface area contributed by atoms with Crippen LogP contribution in [0, 0.1) is 5.92 Å². The Morgan fingerprint density at radius 1 is 1.00 bits per heavy atom. The minimum atomic E-state index is -0.335. The van der Waals surface area contributed by atoms with Gasteiger partial charge in [-0.3, -0.25) is 4.99 Å². The van der Waals surface area contributed by atoms with Crippen molar-refractivity contribution in [1.82, 2.24) is 0 Å². The van der Waals surface area contributed by atoms with Crippen LogP contribution in [0.3, 0.4) is 0 Å². The van der Waals surface area contributed by atoms with E-state index in [2.05, 4.69) is 30.8 Å². The first-order valence-electron chi connectivity index (χ1n) is 8.54. The van der Waals surface area contributed by atoms with E-state index in [1.165, 1.54) is 31.2 Å². The van der Waals surface area contributed by atoms with Crippen molar-refractivity contribution in [2.24, 2.45) is 10.9 Å². The van der Waals surface area contributed by atoms with Crippen LogP contribution >= 0.6 is 0 Å². The van der Waals surface area contributed by atoms with Gasteiger partial charge in [-0.25, -0.2) is 4.79 Å². The van der Waals surface area contributed by atoms with Gasteiger partial charge in [0, 0.05) is 0 Å². The highest BCUT2D eigenvalue weighted by Gasteiger charge is 2.20. The number of aliphatic imine (C=N–C) groups is 1. The molecule has 0 aliphatic heterocycles. The first-order chi connectivity index (χ1) is 11.7. The van der Waals surface area contributed by atoms with Crippen LogP contribution in [-0.2, 0) is 0 Å². The van der Waals surface area contributed by atoms with Crippen molar-refractivity contribution in [2.75, 3.05) is 0 Å². The van der Waals surface area contributed by atoms with Crippen LogP contribution in [0.5, 0.6) is 5.75 Å². The maximum atomic E-state index is 12.2. The fourth-order valence-electron chi connectivity index (χ4n) is 3.27. The maximum Gasteiger partial charge on any atom is 0.343 e. The summed E-state index contributed by atoms with van der Waals surface area (Å²) in [5.74, 6) is 1.65. The van der Waals surface area contributed by atoms with Crippen LogP contribution in [0.2, 0.25) is 0 Å². The Bertz CT molecular complexity index is 696. The maximum absolute atomic E-state index is 12.2. The van der Waals surface area contributed by atoms with Gasteiger partial charge in [0.05, 0.1) is 11.3 Å². The highest BCUT2D eigenvalue weighted by molar-refractivity contribution is 5.91. The van der Waals surface area contributed by atoms with Crippen LogP contribution < -0.4 is 4.74 Å². The fourth-order valence-corrected chi connectivity index (χ4v) is 3.27. The average molecular weight is 321 g/mol. The van der Waals surface area contributed by atoms with E-state index >= 15 is 0 Å². The topological polar surface area (TPSA) is 38.7 Å². The number of esters is 1. The fraction of sp³-hybridized carbons (Fsp3) is 0.333. The lowest BCUT2D eigenvalue weighted by Crippen LogP contribution is -2.12. The molecular formula is C21H23NO2. The molecule has 2 aromatic carbocycles. The zero-order chi connectivity index (χ0) is 16.9. The van der Waals surface area contributed by atoms with E-state index in [0.717, 1.165) is 11.6 Å². The second-order valence-corrected chi connectivity index (χ2v) is 6.62. The largest absolute Gasteiger partial charge is 0.423 e. The van der Waals surface area contributed by atoms with E-state index in [1.807, 2.05) is 12.1 Å². The predicted octanol–water partition coefficient (Wildman–Crippen LogP) is 5.53. The molecule has 0 atom stereocenters. The number of hydrogen-bond donors (Lipinski definition) is 0. The second kappa shape index (κ2) is 7.43. The highest BCUT2D eigenvalue weighted by Crippen LogP contribution is 2.35. The second-order valence-electron chi connectivity index (χ2n) is 6.62. The van der Waals surface area contributed by atoms with Gasteiger partial charge in [0.2, 0.25) is 0 Å². The summed E-state index contributed by atoms with van der Waals surface area (Å²) in [6.07, 6.45) is 5.08. The van der Waals surface area contributed by atoms with Gasteiger partial charge in [-0.05, 0) is 73.4 Å². The summed E-state index contributed by atoms with van der Waals surface area (Å²) in [7, 11) is 0. The molecule has 0 saturated heterocycles. The van der Waals surface area contributed by atoms with Gasteiger partial charge >= 0.3 is 5.97 Å². The number of benzene rings is 2. The predicted molar refractivity (Wildman–Crippen MR) is 97.4 cm³/mol. The highest BCUT2D eigenvalue weighted by atomic mass is 16.5. The molecule has 1 aliphatic carbocycles. The summed E-state index contributed by atoms with van der Waals surface area (Å²) in [6.45, 7) is 5.79. The van der Waals surface area contributed by atoms with E-state index in [9.17, 15) is 4.79 Å². The number of rotatable bonds is 4. The summed E-state index contributed by atoms with van der Waals surface area (Å²) in [4.78, 5) is 16.1. The lowest BCUT2D eigenvalue weighted by molar-refractivity contribution is 0.0734. The normalized spacial score (nSPS) is 20.4. The Kier molecular flexibility index (Phi) is 5.09. The standard InChI is InChI=1S/C21H23NO2/c1-15-3-5-16(6-4-15)17-7-9-18(10-8-17)21(23)24-20-13-11-19(22-2)12-14-20/h7-16H,2-6H2,1H3. The SMILES string of the molecule is C=Nc1ccc(OC(=O)c2ccc(C3CCC(C)CC3)cc2)cc1. The Morgan fingerprint density at radius 2 is 1.62 bits per heavy atom. The molecule has 3 nitrogen and oxygen atoms in total. The molecule has 0 spiro atoms. The van der Waals surface area contributed by atoms with Crippen molar-refractivity contribution >= 4 is 18.4 Å². The summed E-state index contributed by atoms with van der Waals surface area (Å²) in [5.41, 5.74) is 2.66. The molecule has 1 aliphatic rings. The minimum absolute atomic E-state index is 0.335. The Hall–Kier alpha value is -2.42. The van der Waals surface area contributed by atoms with Crippen molar-refractivity contribution in [3.63, 3.8) is 0 Å². The molecule has 1 fully saturated rings. The van der Waals surface area contributed by atoms with Crippen LogP contribution in [0.15, 0.2) is 53.5 Å². The molecule has 3 rings (SSSR count). The first-order valence-corrected chi connectivity index (χ1v) is 8.54. The average Bonchev–Trinajstić information content (AvgIpc) is 2.63. The van der Waals surface area contributed by atoms with Crippen molar-refractivity contribution in [3.8, 4) is 5.75 Å². The van der Waals surface area contributed by atoms with Crippen molar-refractivity contribution in [2.45, 2.75) is 38.5 Å². The molecule has 3 heteroatoms. The third-order valence-electron chi connectivity index (χ3n) is 4.86. The van der Waals surface area contributed by atoms with Crippen LogP contribution in [0.1, 0.15) is 54.4 Å². The van der Waals surface area contributed by atoms with Gasteiger partial charge in [-0.1, -0.05) is 31.9 Å². The van der Waals surface area contributed by atoms with Gasteiger partial charge in [-0.2, -0.15) is 0 Å². The molecule has 0 unspecified atom stereocenters. The third-order valence-corrected chi connectivity index (χ3v) is 4.86. The number of carbonyl (C=O) groups excluding carboxylic acids is 1. The van der Waals surface area contributed by atoms with Crippen molar-refractivity contribution in [3.05, 3.63) is 59.7 Å². The van der Waals surface area contributed by atoms with Gasteiger partial charge in [0.25, 0.3) is 0 Å². The minimum Gasteiger partial charge on any atom is -0.423 e. The van der Waals surface area contributed by atoms with Gasteiger partial charge in [-0.15, -0.1) is 0 Å². The summed E-state index contributed by atoms with van der Waals surface area (Å²) < 4.78 is 5.40. The molecule has 0 aromatic heterocycles. The summed E-state index contributed by atoms with van der Waals surface area (Å²) >= 11 is 0. The molecule has 0 radical (unpaired) electrons. The Morgan fingerprint density at radius 3 is 2.21 bits per heavy atom.